The molecule has 0 bridgehead atoms. The van der Waals surface area contributed by atoms with Crippen LogP contribution >= 0.6 is 11.3 Å². The van der Waals surface area contributed by atoms with Gasteiger partial charge in [-0.05, 0) is 43.0 Å². The van der Waals surface area contributed by atoms with E-state index < -0.39 is 5.41 Å². The Morgan fingerprint density at radius 1 is 1.57 bits per heavy atom. The Hall–Kier alpha value is -1.56. The third-order valence-corrected chi connectivity index (χ3v) is 5.42. The van der Waals surface area contributed by atoms with Gasteiger partial charge in [0.05, 0.1) is 6.54 Å². The Morgan fingerprint density at radius 3 is 2.76 bits per heavy atom. The smallest absolute Gasteiger partial charge is 0.237 e. The minimum atomic E-state index is -0.784. The van der Waals surface area contributed by atoms with Crippen LogP contribution < -0.4 is 5.73 Å². The summed E-state index contributed by atoms with van der Waals surface area (Å²) in [5.74, 6) is 0.547. The second-order valence-corrected chi connectivity index (χ2v) is 7.36. The Labute approximate surface area is 128 Å². The highest BCUT2D eigenvalue weighted by Gasteiger charge is 2.55. The molecule has 1 aromatic rings. The molecule has 1 aromatic heterocycles. The minimum absolute atomic E-state index is 0.0341. The summed E-state index contributed by atoms with van der Waals surface area (Å²) in [6.45, 7) is 2.73. The van der Waals surface area contributed by atoms with E-state index in [0.717, 1.165) is 12.8 Å². The van der Waals surface area contributed by atoms with Crippen LogP contribution in [0.3, 0.4) is 0 Å². The maximum absolute atomic E-state index is 13.1. The van der Waals surface area contributed by atoms with Crippen LogP contribution in [0.4, 0.5) is 0 Å². The number of hydrogen-bond donors (Lipinski definition) is 2. The average Bonchev–Trinajstić information content (AvgIpc) is 3.16. The molecule has 0 spiro atoms. The zero-order chi connectivity index (χ0) is 15.0. The van der Waals surface area contributed by atoms with Crippen molar-refractivity contribution in [2.24, 2.45) is 22.2 Å². The molecule has 1 amide bonds. The molecule has 0 radical (unpaired) electrons. The van der Waals surface area contributed by atoms with Crippen LogP contribution in [0.2, 0.25) is 0 Å². The summed E-state index contributed by atoms with van der Waals surface area (Å²) >= 11 is 1.66. The van der Waals surface area contributed by atoms with Crippen molar-refractivity contribution in [3.8, 4) is 0 Å². The third-order valence-electron chi connectivity index (χ3n) is 4.56. The van der Waals surface area contributed by atoms with Crippen molar-refractivity contribution < 1.29 is 10.0 Å². The van der Waals surface area contributed by atoms with E-state index in [2.05, 4.69) is 12.1 Å². The fourth-order valence-corrected chi connectivity index (χ4v) is 4.02. The highest BCUT2D eigenvalue weighted by Crippen LogP contribution is 2.48. The molecule has 2 aliphatic carbocycles. The van der Waals surface area contributed by atoms with E-state index in [0.29, 0.717) is 31.3 Å². The molecule has 2 saturated carbocycles. The minimum Gasteiger partial charge on any atom is -0.409 e. The maximum atomic E-state index is 13.1. The lowest BCUT2D eigenvalue weighted by molar-refractivity contribution is -0.145. The predicted molar refractivity (Wildman–Crippen MR) is 82.1 cm³/mol. The normalized spacial score (nSPS) is 29.0. The van der Waals surface area contributed by atoms with Crippen molar-refractivity contribution in [3.05, 3.63) is 22.4 Å². The van der Waals surface area contributed by atoms with Gasteiger partial charge in [-0.2, -0.15) is 0 Å². The van der Waals surface area contributed by atoms with Crippen molar-refractivity contribution in [2.75, 3.05) is 0 Å². The van der Waals surface area contributed by atoms with Gasteiger partial charge in [0.15, 0.2) is 5.84 Å². The molecular weight excluding hydrogens is 286 g/mol. The highest BCUT2D eigenvalue weighted by molar-refractivity contribution is 7.09. The van der Waals surface area contributed by atoms with E-state index in [-0.39, 0.29) is 11.7 Å². The zero-order valence-electron chi connectivity index (χ0n) is 12.2. The Morgan fingerprint density at radius 2 is 2.29 bits per heavy atom. The van der Waals surface area contributed by atoms with E-state index in [9.17, 15) is 4.79 Å². The van der Waals surface area contributed by atoms with Crippen LogP contribution in [-0.2, 0) is 11.3 Å². The van der Waals surface area contributed by atoms with Crippen LogP contribution in [0, 0.1) is 11.3 Å². The van der Waals surface area contributed by atoms with Gasteiger partial charge in [-0.25, -0.2) is 0 Å². The van der Waals surface area contributed by atoms with E-state index in [1.807, 2.05) is 22.4 Å². The summed E-state index contributed by atoms with van der Waals surface area (Å²) in [4.78, 5) is 16.2. The van der Waals surface area contributed by atoms with Crippen molar-refractivity contribution >= 4 is 23.1 Å². The van der Waals surface area contributed by atoms with E-state index in [1.165, 1.54) is 4.88 Å². The lowest BCUT2D eigenvalue weighted by Crippen LogP contribution is -2.58. The van der Waals surface area contributed by atoms with Gasteiger partial charge in [0.25, 0.3) is 0 Å². The number of nitrogens with zero attached hydrogens (tertiary/aromatic N) is 2. The van der Waals surface area contributed by atoms with E-state index >= 15 is 0 Å². The quantitative estimate of drug-likeness (QED) is 0.379. The molecule has 3 rings (SSSR count). The summed E-state index contributed by atoms with van der Waals surface area (Å²) in [7, 11) is 0. The highest BCUT2D eigenvalue weighted by atomic mass is 32.1. The van der Waals surface area contributed by atoms with Crippen molar-refractivity contribution in [1.29, 1.82) is 0 Å². The maximum Gasteiger partial charge on any atom is 0.237 e. The number of carbonyl (C=O) groups is 1. The topological polar surface area (TPSA) is 78.9 Å². The van der Waals surface area contributed by atoms with Crippen LogP contribution in [0.1, 0.15) is 37.5 Å². The number of carbonyl (C=O) groups excluding carboxylic acids is 1. The Bertz CT molecular complexity index is 545. The average molecular weight is 307 g/mol. The van der Waals surface area contributed by atoms with Crippen molar-refractivity contribution in [1.82, 2.24) is 4.90 Å². The number of hydrogen-bond acceptors (Lipinski definition) is 4. The van der Waals surface area contributed by atoms with Gasteiger partial charge in [0.2, 0.25) is 5.91 Å². The van der Waals surface area contributed by atoms with E-state index in [1.54, 1.807) is 11.3 Å². The number of oxime groups is 1. The lowest BCUT2D eigenvalue weighted by atomic mass is 9.61. The first-order valence-electron chi connectivity index (χ1n) is 7.38. The van der Waals surface area contributed by atoms with Crippen LogP contribution in [0.25, 0.3) is 0 Å². The molecule has 6 heteroatoms. The summed E-state index contributed by atoms with van der Waals surface area (Å²) in [6.07, 6.45) is 3.46. The number of rotatable bonds is 5. The predicted octanol–water partition coefficient (Wildman–Crippen LogP) is 2.40. The Kier molecular flexibility index (Phi) is 3.65. The molecular formula is C15H21N3O2S. The fraction of sp³-hybridized carbons (Fsp3) is 0.600. The molecule has 3 N–H and O–H groups in total. The molecule has 0 atom stereocenters. The van der Waals surface area contributed by atoms with Crippen LogP contribution in [0.5, 0.6) is 0 Å². The summed E-state index contributed by atoms with van der Waals surface area (Å²) < 4.78 is 0. The first-order chi connectivity index (χ1) is 10.1. The number of amides is 1. The van der Waals surface area contributed by atoms with Gasteiger partial charge in [-0.3, -0.25) is 4.79 Å². The van der Waals surface area contributed by atoms with Crippen molar-refractivity contribution in [3.63, 3.8) is 0 Å². The summed E-state index contributed by atoms with van der Waals surface area (Å²) in [6, 6.07) is 4.37. The zero-order valence-corrected chi connectivity index (χ0v) is 13.0. The molecule has 21 heavy (non-hydrogen) atoms. The second-order valence-electron chi connectivity index (χ2n) is 6.32. The molecule has 0 saturated heterocycles. The van der Waals surface area contributed by atoms with Crippen LogP contribution in [0.15, 0.2) is 22.7 Å². The van der Waals surface area contributed by atoms with Gasteiger partial charge >= 0.3 is 0 Å². The van der Waals surface area contributed by atoms with Gasteiger partial charge in [0.1, 0.15) is 5.41 Å². The number of amidine groups is 1. The van der Waals surface area contributed by atoms with E-state index in [4.69, 9.17) is 10.9 Å². The summed E-state index contributed by atoms with van der Waals surface area (Å²) in [5.41, 5.74) is 5.08. The summed E-state index contributed by atoms with van der Waals surface area (Å²) in [5, 5.41) is 14.2. The SMILES string of the molecule is CC1CC(C(=O)N(Cc2cccs2)C2CC2)(/C(N)=N/O)C1. The van der Waals surface area contributed by atoms with Gasteiger partial charge in [-0.15, -0.1) is 11.3 Å². The molecule has 0 aromatic carbocycles. The monoisotopic (exact) mass is 307 g/mol. The second kappa shape index (κ2) is 5.33. The van der Waals surface area contributed by atoms with Gasteiger partial charge < -0.3 is 15.8 Å². The molecule has 5 nitrogen and oxygen atoms in total. The largest absolute Gasteiger partial charge is 0.409 e. The lowest BCUT2D eigenvalue weighted by Gasteiger charge is -2.46. The third kappa shape index (κ3) is 2.52. The first-order valence-corrected chi connectivity index (χ1v) is 8.26. The molecule has 1 heterocycles. The standard InChI is InChI=1S/C15H21N3O2S/c1-10-7-15(8-10,13(16)17-20)14(19)18(11-4-5-11)9-12-3-2-6-21-12/h2-3,6,10-11,20H,4-5,7-9H2,1H3,(H2,16,17). The molecule has 0 unspecified atom stereocenters. The number of thiophene rings is 1. The van der Waals surface area contributed by atoms with Gasteiger partial charge in [-0.1, -0.05) is 18.1 Å². The fourth-order valence-electron chi connectivity index (χ4n) is 3.32. The van der Waals surface area contributed by atoms with Crippen LogP contribution in [-0.4, -0.2) is 27.9 Å². The molecule has 2 aliphatic rings. The molecule has 114 valence electrons. The number of nitrogens with two attached hydrogens (primary N) is 1. The van der Waals surface area contributed by atoms with Crippen molar-refractivity contribution in [2.45, 2.75) is 45.2 Å². The Balaban J connectivity index is 1.83. The molecule has 0 aliphatic heterocycles. The van der Waals surface area contributed by atoms with Gasteiger partial charge in [0, 0.05) is 10.9 Å². The first kappa shape index (κ1) is 14.4. The molecule has 2 fully saturated rings.